The Morgan fingerprint density at radius 1 is 1.22 bits per heavy atom. The van der Waals surface area contributed by atoms with E-state index in [0.717, 1.165) is 0 Å². The molecule has 0 amide bonds. The van der Waals surface area contributed by atoms with E-state index in [1.807, 2.05) is 12.1 Å². The van der Waals surface area contributed by atoms with Crippen LogP contribution in [0.15, 0.2) is 47.1 Å². The number of hydrogen-bond acceptors (Lipinski definition) is 3. The van der Waals surface area contributed by atoms with E-state index in [1.54, 1.807) is 18.4 Å². The van der Waals surface area contributed by atoms with Gasteiger partial charge in [-0.25, -0.2) is 0 Å². The van der Waals surface area contributed by atoms with Gasteiger partial charge in [0.15, 0.2) is 0 Å². The van der Waals surface area contributed by atoms with E-state index >= 15 is 0 Å². The van der Waals surface area contributed by atoms with Crippen LogP contribution in [-0.4, -0.2) is 11.7 Å². The van der Waals surface area contributed by atoms with Crippen molar-refractivity contribution in [2.75, 3.05) is 6.54 Å². The fourth-order valence-electron chi connectivity index (χ4n) is 2.05. The number of nitrogens with one attached hydrogen (secondary N) is 1. The lowest BCUT2D eigenvalue weighted by molar-refractivity contribution is 0.144. The molecule has 0 saturated carbocycles. The molecule has 3 heteroatoms. The summed E-state index contributed by atoms with van der Waals surface area (Å²) in [5.41, 5.74) is 2.51. The average Bonchev–Trinajstić information content (AvgIpc) is 2.90. The van der Waals surface area contributed by atoms with Crippen molar-refractivity contribution in [1.29, 1.82) is 0 Å². The Balaban J connectivity index is 1.93. The molecule has 1 aromatic carbocycles. The molecule has 1 unspecified atom stereocenters. The maximum Gasteiger partial charge on any atom is 0.133 e. The van der Waals surface area contributed by atoms with Crippen LogP contribution in [0.4, 0.5) is 0 Å². The Morgan fingerprint density at radius 3 is 2.67 bits per heavy atom. The molecule has 96 valence electrons. The Kier molecular flexibility index (Phi) is 4.18. The first-order valence-electron chi connectivity index (χ1n) is 6.19. The molecular weight excluding hydrogens is 226 g/mol. The van der Waals surface area contributed by atoms with Crippen LogP contribution in [0.3, 0.4) is 0 Å². The van der Waals surface area contributed by atoms with Crippen molar-refractivity contribution >= 4 is 0 Å². The number of aliphatic hydroxyl groups excluding tert-OH is 1. The largest absolute Gasteiger partial charge is 0.467 e. The van der Waals surface area contributed by atoms with Crippen molar-refractivity contribution in [3.63, 3.8) is 0 Å². The second-order valence-corrected chi connectivity index (χ2v) is 4.52. The molecule has 1 heterocycles. The molecule has 0 spiro atoms. The molecule has 0 aliphatic heterocycles. The zero-order valence-corrected chi connectivity index (χ0v) is 10.8. The molecule has 18 heavy (non-hydrogen) atoms. The van der Waals surface area contributed by atoms with Gasteiger partial charge in [0.2, 0.25) is 0 Å². The predicted molar refractivity (Wildman–Crippen MR) is 71.3 cm³/mol. The minimum absolute atomic E-state index is 0.204. The Hall–Kier alpha value is -1.58. The Bertz CT molecular complexity index is 479. The first-order chi connectivity index (χ1) is 8.68. The molecular formula is C15H19NO2. The quantitative estimate of drug-likeness (QED) is 0.851. The van der Waals surface area contributed by atoms with Crippen LogP contribution in [-0.2, 0) is 0 Å². The molecule has 0 saturated heterocycles. The summed E-state index contributed by atoms with van der Waals surface area (Å²) in [7, 11) is 0. The highest BCUT2D eigenvalue weighted by atomic mass is 16.4. The smallest absolute Gasteiger partial charge is 0.133 e. The molecule has 0 aliphatic carbocycles. The molecule has 0 radical (unpaired) electrons. The van der Waals surface area contributed by atoms with Gasteiger partial charge in [-0.2, -0.15) is 0 Å². The molecule has 2 N–H and O–H groups in total. The van der Waals surface area contributed by atoms with Gasteiger partial charge < -0.3 is 14.8 Å². The summed E-state index contributed by atoms with van der Waals surface area (Å²) < 4.78 is 5.17. The predicted octanol–water partition coefficient (Wildman–Crippen LogP) is 2.97. The van der Waals surface area contributed by atoms with Crippen LogP contribution in [0.25, 0.3) is 0 Å². The second kappa shape index (κ2) is 5.85. The van der Waals surface area contributed by atoms with Crippen LogP contribution in [0.2, 0.25) is 0 Å². The van der Waals surface area contributed by atoms with Gasteiger partial charge in [0.1, 0.15) is 11.9 Å². The van der Waals surface area contributed by atoms with Crippen molar-refractivity contribution in [3.05, 3.63) is 59.5 Å². The minimum Gasteiger partial charge on any atom is -0.467 e. The summed E-state index contributed by atoms with van der Waals surface area (Å²) in [4.78, 5) is 0. The lowest BCUT2D eigenvalue weighted by Gasteiger charge is -2.18. The first-order valence-corrected chi connectivity index (χ1v) is 6.19. The number of aryl methyl sites for hydroxylation is 1. The molecule has 1 aromatic heterocycles. The van der Waals surface area contributed by atoms with E-state index in [9.17, 15) is 5.11 Å². The van der Waals surface area contributed by atoms with Gasteiger partial charge in [-0.3, -0.25) is 0 Å². The Morgan fingerprint density at radius 2 is 2.00 bits per heavy atom. The Labute approximate surface area is 107 Å². The van der Waals surface area contributed by atoms with Gasteiger partial charge in [0, 0.05) is 12.6 Å². The third-order valence-electron chi connectivity index (χ3n) is 3.14. The zero-order chi connectivity index (χ0) is 13.0. The third kappa shape index (κ3) is 3.00. The maximum atomic E-state index is 9.92. The number of benzene rings is 1. The number of rotatable bonds is 5. The summed E-state index contributed by atoms with van der Waals surface area (Å²) in [5, 5.41) is 13.2. The minimum atomic E-state index is -0.605. The van der Waals surface area contributed by atoms with Gasteiger partial charge in [0.05, 0.1) is 6.26 Å². The number of aliphatic hydroxyl groups is 1. The summed E-state index contributed by atoms with van der Waals surface area (Å²) in [6.07, 6.45) is 0.968. The monoisotopic (exact) mass is 245 g/mol. The van der Waals surface area contributed by atoms with E-state index in [-0.39, 0.29) is 6.04 Å². The topological polar surface area (TPSA) is 45.4 Å². The first kappa shape index (κ1) is 12.9. The lowest BCUT2D eigenvalue weighted by Crippen LogP contribution is -2.25. The highest BCUT2D eigenvalue weighted by Gasteiger charge is 2.13. The van der Waals surface area contributed by atoms with E-state index in [2.05, 4.69) is 31.3 Å². The van der Waals surface area contributed by atoms with E-state index in [1.165, 1.54) is 11.1 Å². The van der Waals surface area contributed by atoms with Gasteiger partial charge >= 0.3 is 0 Å². The number of furan rings is 1. The van der Waals surface area contributed by atoms with Crippen molar-refractivity contribution in [1.82, 2.24) is 5.32 Å². The average molecular weight is 245 g/mol. The molecule has 0 fully saturated rings. The second-order valence-electron chi connectivity index (χ2n) is 4.52. The van der Waals surface area contributed by atoms with E-state index in [4.69, 9.17) is 4.42 Å². The van der Waals surface area contributed by atoms with Gasteiger partial charge in [-0.15, -0.1) is 0 Å². The molecule has 2 rings (SSSR count). The van der Waals surface area contributed by atoms with E-state index in [0.29, 0.717) is 12.3 Å². The van der Waals surface area contributed by atoms with Crippen molar-refractivity contribution in [2.24, 2.45) is 0 Å². The standard InChI is InChI=1S/C15H19NO2/c1-11-6-3-4-7-13(11)12(2)16-10-14(17)15-8-5-9-18-15/h3-9,12,14,16-17H,10H2,1-2H3/t12-,14?/m1/s1. The summed E-state index contributed by atoms with van der Waals surface area (Å²) >= 11 is 0. The van der Waals surface area contributed by atoms with Crippen LogP contribution in [0.1, 0.15) is 36.0 Å². The molecule has 2 aromatic rings. The maximum absolute atomic E-state index is 9.92. The van der Waals surface area contributed by atoms with Crippen LogP contribution >= 0.6 is 0 Å². The van der Waals surface area contributed by atoms with Crippen LogP contribution in [0.5, 0.6) is 0 Å². The van der Waals surface area contributed by atoms with Gasteiger partial charge in [-0.1, -0.05) is 24.3 Å². The normalized spacial score (nSPS) is 14.4. The molecule has 0 aliphatic rings. The van der Waals surface area contributed by atoms with Crippen molar-refractivity contribution < 1.29 is 9.52 Å². The summed E-state index contributed by atoms with van der Waals surface area (Å²) in [6.45, 7) is 4.66. The van der Waals surface area contributed by atoms with Crippen molar-refractivity contribution in [2.45, 2.75) is 26.0 Å². The van der Waals surface area contributed by atoms with Crippen LogP contribution < -0.4 is 5.32 Å². The summed E-state index contributed by atoms with van der Waals surface area (Å²) in [5.74, 6) is 0.597. The lowest BCUT2D eigenvalue weighted by atomic mass is 10.0. The fraction of sp³-hybridized carbons (Fsp3) is 0.333. The van der Waals surface area contributed by atoms with Crippen LogP contribution in [0, 0.1) is 6.92 Å². The molecule has 2 atom stereocenters. The molecule has 3 nitrogen and oxygen atoms in total. The zero-order valence-electron chi connectivity index (χ0n) is 10.8. The number of hydrogen-bond donors (Lipinski definition) is 2. The highest BCUT2D eigenvalue weighted by molar-refractivity contribution is 5.28. The fourth-order valence-corrected chi connectivity index (χ4v) is 2.05. The highest BCUT2D eigenvalue weighted by Crippen LogP contribution is 2.18. The van der Waals surface area contributed by atoms with Gasteiger partial charge in [-0.05, 0) is 37.1 Å². The SMILES string of the molecule is Cc1ccccc1[C@@H](C)NCC(O)c1ccco1. The van der Waals surface area contributed by atoms with E-state index < -0.39 is 6.10 Å². The van der Waals surface area contributed by atoms with Crippen molar-refractivity contribution in [3.8, 4) is 0 Å². The summed E-state index contributed by atoms with van der Waals surface area (Å²) in [6, 6.07) is 12.0. The van der Waals surface area contributed by atoms with Gasteiger partial charge in [0.25, 0.3) is 0 Å². The third-order valence-corrected chi connectivity index (χ3v) is 3.14. The molecule has 0 bridgehead atoms.